The number of anilines is 2. The zero-order valence-corrected chi connectivity index (χ0v) is 27.5. The number of pyridine rings is 1. The molecule has 4 rings (SSSR count). The smallest absolute Gasteiger partial charge is 0.255 e. The molecule has 0 atom stereocenters. The summed E-state index contributed by atoms with van der Waals surface area (Å²) in [5.41, 5.74) is 6.68. The summed E-state index contributed by atoms with van der Waals surface area (Å²) >= 11 is 5.71. The molecule has 0 saturated heterocycles. The molecule has 0 aliphatic rings. The van der Waals surface area contributed by atoms with E-state index in [-0.39, 0.29) is 35.1 Å². The Morgan fingerprint density at radius 3 is 2.22 bits per heavy atom. The van der Waals surface area contributed by atoms with Gasteiger partial charge in [0, 0.05) is 50.6 Å². The van der Waals surface area contributed by atoms with Crippen molar-refractivity contribution in [3.63, 3.8) is 0 Å². The summed E-state index contributed by atoms with van der Waals surface area (Å²) in [6, 6.07) is 20.3. The first-order chi connectivity index (χ1) is 21.2. The Bertz CT molecular complexity index is 1820. The molecule has 0 radical (unpaired) electrons. The van der Waals surface area contributed by atoms with Gasteiger partial charge in [-0.15, -0.1) is 11.6 Å². The predicted molar refractivity (Wildman–Crippen MR) is 182 cm³/mol. The van der Waals surface area contributed by atoms with E-state index in [0.29, 0.717) is 28.1 Å². The lowest BCUT2D eigenvalue weighted by Gasteiger charge is -2.19. The Kier molecular flexibility index (Phi) is 9.98. The van der Waals surface area contributed by atoms with Crippen LogP contribution in [0.25, 0.3) is 11.1 Å². The summed E-state index contributed by atoms with van der Waals surface area (Å²) in [4.78, 5) is 52.6. The van der Waals surface area contributed by atoms with Crippen molar-refractivity contribution in [3.05, 3.63) is 117 Å². The van der Waals surface area contributed by atoms with E-state index in [1.54, 1.807) is 45.5 Å². The quantitative estimate of drug-likeness (QED) is 0.222. The number of benzene rings is 3. The highest BCUT2D eigenvalue weighted by Crippen LogP contribution is 2.30. The van der Waals surface area contributed by atoms with Crippen LogP contribution in [0.1, 0.15) is 63.7 Å². The predicted octanol–water partition coefficient (Wildman–Crippen LogP) is 6.38. The SMILES string of the molecule is Cc1c(NC(=O)c2ccc(C(C)(C)C)cc2)cccc1-c1cc(Cc2ccc(C(=O)N(C)C)c(NC(=O)CCl)c2)c(=O)n(C)c1. The molecule has 9 heteroatoms. The molecule has 1 heterocycles. The largest absolute Gasteiger partial charge is 0.345 e. The van der Waals surface area contributed by atoms with Gasteiger partial charge in [0.1, 0.15) is 5.88 Å². The van der Waals surface area contributed by atoms with Crippen LogP contribution in [0.4, 0.5) is 11.4 Å². The number of nitrogens with zero attached hydrogens (tertiary/aromatic N) is 2. The van der Waals surface area contributed by atoms with Gasteiger partial charge in [-0.2, -0.15) is 0 Å². The number of aryl methyl sites for hydroxylation is 1. The highest BCUT2D eigenvalue weighted by molar-refractivity contribution is 6.29. The fourth-order valence-electron chi connectivity index (χ4n) is 5.09. The molecule has 0 unspecified atom stereocenters. The molecule has 234 valence electrons. The van der Waals surface area contributed by atoms with Gasteiger partial charge in [-0.1, -0.05) is 51.1 Å². The number of alkyl halides is 1. The van der Waals surface area contributed by atoms with Crippen molar-refractivity contribution in [1.29, 1.82) is 0 Å². The van der Waals surface area contributed by atoms with Crippen LogP contribution in [0.15, 0.2) is 77.7 Å². The van der Waals surface area contributed by atoms with Gasteiger partial charge in [0.2, 0.25) is 5.91 Å². The molecule has 0 aliphatic carbocycles. The van der Waals surface area contributed by atoms with Gasteiger partial charge in [0.15, 0.2) is 0 Å². The number of rotatable bonds is 8. The molecular formula is C36H39ClN4O4. The molecule has 0 aliphatic heterocycles. The first-order valence-electron chi connectivity index (χ1n) is 14.6. The maximum Gasteiger partial charge on any atom is 0.255 e. The van der Waals surface area contributed by atoms with Crippen molar-refractivity contribution in [2.24, 2.45) is 7.05 Å². The topological polar surface area (TPSA) is 101 Å². The van der Waals surface area contributed by atoms with Crippen molar-refractivity contribution >= 4 is 40.7 Å². The van der Waals surface area contributed by atoms with Gasteiger partial charge in [0.05, 0.1) is 11.3 Å². The first kappa shape index (κ1) is 33.2. The van der Waals surface area contributed by atoms with Crippen LogP contribution in [0.3, 0.4) is 0 Å². The molecule has 4 aromatic rings. The van der Waals surface area contributed by atoms with Crippen LogP contribution in [0, 0.1) is 6.92 Å². The molecule has 1 aromatic heterocycles. The van der Waals surface area contributed by atoms with Crippen LogP contribution < -0.4 is 16.2 Å². The third-order valence-electron chi connectivity index (χ3n) is 7.67. The second-order valence-electron chi connectivity index (χ2n) is 12.4. The van der Waals surface area contributed by atoms with Gasteiger partial charge in [-0.3, -0.25) is 19.2 Å². The van der Waals surface area contributed by atoms with E-state index in [1.807, 2.05) is 55.5 Å². The van der Waals surface area contributed by atoms with E-state index < -0.39 is 5.91 Å². The Hall–Kier alpha value is -4.69. The summed E-state index contributed by atoms with van der Waals surface area (Å²) in [5, 5.41) is 5.74. The Morgan fingerprint density at radius 1 is 0.911 bits per heavy atom. The summed E-state index contributed by atoms with van der Waals surface area (Å²) < 4.78 is 1.53. The fourth-order valence-corrected chi connectivity index (χ4v) is 5.16. The number of hydrogen-bond acceptors (Lipinski definition) is 4. The normalized spacial score (nSPS) is 11.2. The molecule has 3 aromatic carbocycles. The third kappa shape index (κ3) is 7.70. The number of nitrogens with one attached hydrogen (secondary N) is 2. The highest BCUT2D eigenvalue weighted by atomic mass is 35.5. The fraction of sp³-hybridized carbons (Fsp3) is 0.278. The van der Waals surface area contributed by atoms with Gasteiger partial charge in [-0.25, -0.2) is 0 Å². The van der Waals surface area contributed by atoms with Crippen molar-refractivity contribution in [2.75, 3.05) is 30.6 Å². The zero-order chi connectivity index (χ0) is 33.1. The van der Waals surface area contributed by atoms with E-state index >= 15 is 0 Å². The van der Waals surface area contributed by atoms with Crippen LogP contribution in [0.5, 0.6) is 0 Å². The van der Waals surface area contributed by atoms with Gasteiger partial charge >= 0.3 is 0 Å². The van der Waals surface area contributed by atoms with E-state index in [1.165, 1.54) is 9.47 Å². The average molecular weight is 627 g/mol. The van der Waals surface area contributed by atoms with Crippen molar-refractivity contribution in [3.8, 4) is 11.1 Å². The lowest BCUT2D eigenvalue weighted by molar-refractivity contribution is -0.113. The number of aromatic nitrogens is 1. The number of halogens is 1. The van der Waals surface area contributed by atoms with Gasteiger partial charge in [-0.05, 0) is 76.6 Å². The van der Waals surface area contributed by atoms with E-state index in [4.69, 9.17) is 11.6 Å². The second-order valence-corrected chi connectivity index (χ2v) is 12.6. The summed E-state index contributed by atoms with van der Waals surface area (Å²) in [6.45, 7) is 8.33. The number of carbonyl (C=O) groups is 3. The Morgan fingerprint density at radius 2 is 1.60 bits per heavy atom. The van der Waals surface area contributed by atoms with Crippen LogP contribution >= 0.6 is 11.6 Å². The molecule has 3 amide bonds. The highest BCUT2D eigenvalue weighted by Gasteiger charge is 2.18. The zero-order valence-electron chi connectivity index (χ0n) is 26.7. The number of amides is 3. The van der Waals surface area contributed by atoms with Gasteiger partial charge in [0.25, 0.3) is 17.4 Å². The molecule has 0 fully saturated rings. The first-order valence-corrected chi connectivity index (χ1v) is 15.1. The van der Waals surface area contributed by atoms with Gasteiger partial charge < -0.3 is 20.1 Å². The molecule has 0 saturated carbocycles. The molecule has 8 nitrogen and oxygen atoms in total. The van der Waals surface area contributed by atoms with E-state index in [9.17, 15) is 19.2 Å². The minimum atomic E-state index is -0.441. The standard InChI is InChI=1S/C36H39ClN4O4/c1-22-28(9-8-10-30(22)39-33(43)24-12-14-27(15-13-24)36(2,3)4)26-19-25(34(44)41(7)21-26)17-23-11-16-29(35(45)40(5)6)31(18-23)38-32(42)20-37/h8-16,18-19,21H,17,20H2,1-7H3,(H,38,42)(H,39,43). The summed E-state index contributed by atoms with van der Waals surface area (Å²) in [7, 11) is 4.96. The third-order valence-corrected chi connectivity index (χ3v) is 7.92. The maximum atomic E-state index is 13.2. The second kappa shape index (κ2) is 13.5. The van der Waals surface area contributed by atoms with Crippen LogP contribution in [0.2, 0.25) is 0 Å². The summed E-state index contributed by atoms with van der Waals surface area (Å²) in [6.07, 6.45) is 2.04. The number of hydrogen-bond donors (Lipinski definition) is 2. The molecule has 45 heavy (non-hydrogen) atoms. The maximum absolute atomic E-state index is 13.2. The van der Waals surface area contributed by atoms with E-state index in [2.05, 4.69) is 31.4 Å². The molecule has 2 N–H and O–H groups in total. The monoisotopic (exact) mass is 626 g/mol. The average Bonchev–Trinajstić information content (AvgIpc) is 2.99. The summed E-state index contributed by atoms with van der Waals surface area (Å²) in [5.74, 6) is -1.17. The Balaban J connectivity index is 1.65. The minimum absolute atomic E-state index is 0.00835. The lowest BCUT2D eigenvalue weighted by Crippen LogP contribution is -2.24. The molecule has 0 bridgehead atoms. The molecule has 0 spiro atoms. The number of carbonyl (C=O) groups excluding carboxylic acids is 3. The van der Waals surface area contributed by atoms with Crippen molar-refractivity contribution in [1.82, 2.24) is 9.47 Å². The van der Waals surface area contributed by atoms with Crippen LogP contribution in [-0.4, -0.2) is 47.2 Å². The van der Waals surface area contributed by atoms with Crippen molar-refractivity contribution in [2.45, 2.75) is 39.5 Å². The minimum Gasteiger partial charge on any atom is -0.345 e. The molecular weight excluding hydrogens is 588 g/mol. The van der Waals surface area contributed by atoms with Crippen molar-refractivity contribution < 1.29 is 14.4 Å². The Labute approximate surface area is 269 Å². The van der Waals surface area contributed by atoms with E-state index in [0.717, 1.165) is 27.8 Å². The lowest BCUT2D eigenvalue weighted by atomic mass is 9.86. The van der Waals surface area contributed by atoms with Crippen LogP contribution in [-0.2, 0) is 23.7 Å².